The topological polar surface area (TPSA) is 75.3 Å². The number of anilines is 1. The highest BCUT2D eigenvalue weighted by Crippen LogP contribution is 2.41. The zero-order chi connectivity index (χ0) is 18.9. The number of hydrogen-bond acceptors (Lipinski definition) is 4. The molecule has 0 saturated carbocycles. The van der Waals surface area contributed by atoms with Gasteiger partial charge in [0.05, 0.1) is 12.6 Å². The van der Waals surface area contributed by atoms with Gasteiger partial charge < -0.3 is 10.6 Å². The van der Waals surface area contributed by atoms with Gasteiger partial charge in [-0.2, -0.15) is 0 Å². The molecule has 2 heterocycles. The van der Waals surface area contributed by atoms with E-state index in [1.807, 2.05) is 12.1 Å². The molecule has 2 aliphatic heterocycles. The van der Waals surface area contributed by atoms with Crippen molar-refractivity contribution >= 4 is 27.1 Å². The minimum Gasteiger partial charge on any atom is -0.325 e. The molecule has 6 nitrogen and oxygen atoms in total. The van der Waals surface area contributed by atoms with Gasteiger partial charge in [0.15, 0.2) is 9.84 Å². The van der Waals surface area contributed by atoms with Gasteiger partial charge >= 0.3 is 0 Å². The number of rotatable bonds is 5. The summed E-state index contributed by atoms with van der Waals surface area (Å²) in [6.45, 7) is 7.74. The molecule has 0 aliphatic carbocycles. The summed E-state index contributed by atoms with van der Waals surface area (Å²) in [7, 11) is -3.33. The predicted octanol–water partition coefficient (Wildman–Crippen LogP) is 1.83. The number of amides is 1. The Balaban J connectivity index is 1.87. The largest absolute Gasteiger partial charge is 0.325 e. The summed E-state index contributed by atoms with van der Waals surface area (Å²) in [5.41, 5.74) is 3.15. The molecule has 3 unspecified atom stereocenters. The summed E-state index contributed by atoms with van der Waals surface area (Å²) >= 11 is 0. The van der Waals surface area contributed by atoms with Crippen LogP contribution >= 0.6 is 0 Å². The van der Waals surface area contributed by atoms with Gasteiger partial charge in [-0.25, -0.2) is 8.42 Å². The molecular formula is C19H30N3O3S+. The fraction of sp³-hybridized carbons (Fsp3) is 0.632. The van der Waals surface area contributed by atoms with Gasteiger partial charge in [0.25, 0.3) is 0 Å². The van der Waals surface area contributed by atoms with Gasteiger partial charge in [0.1, 0.15) is 17.5 Å². The summed E-state index contributed by atoms with van der Waals surface area (Å²) in [5.74, 6) is -0.975. The van der Waals surface area contributed by atoms with Gasteiger partial charge in [0.2, 0.25) is 5.91 Å². The van der Waals surface area contributed by atoms with E-state index in [9.17, 15) is 13.2 Å². The van der Waals surface area contributed by atoms with Crippen LogP contribution in [-0.2, 0) is 14.6 Å². The summed E-state index contributed by atoms with van der Waals surface area (Å²) < 4.78 is 23.6. The van der Waals surface area contributed by atoms with E-state index in [4.69, 9.17) is 0 Å². The van der Waals surface area contributed by atoms with Crippen LogP contribution in [0.25, 0.3) is 0 Å². The average Bonchev–Trinajstić information content (AvgIpc) is 3.15. The van der Waals surface area contributed by atoms with Crippen LogP contribution in [0.4, 0.5) is 11.4 Å². The quantitative estimate of drug-likeness (QED) is 0.764. The minimum absolute atomic E-state index is 0.488. The number of sulfone groups is 1. The normalized spacial score (nSPS) is 29.0. The lowest BCUT2D eigenvalue weighted by molar-refractivity contribution is -0.113. The van der Waals surface area contributed by atoms with Crippen LogP contribution in [0.2, 0.25) is 0 Å². The predicted molar refractivity (Wildman–Crippen MR) is 106 cm³/mol. The zero-order valence-corrected chi connectivity index (χ0v) is 16.7. The number of carbonyl (C=O) groups is 1. The van der Waals surface area contributed by atoms with E-state index < -0.39 is 21.5 Å². The highest BCUT2D eigenvalue weighted by molar-refractivity contribution is 7.91. The molecule has 0 bridgehead atoms. The highest BCUT2D eigenvalue weighted by Gasteiger charge is 2.48. The molecule has 0 aromatic heterocycles. The monoisotopic (exact) mass is 380 g/mol. The maximum absolute atomic E-state index is 11.9. The lowest BCUT2D eigenvalue weighted by Gasteiger charge is -2.44. The molecule has 7 heteroatoms. The summed E-state index contributed by atoms with van der Waals surface area (Å²) in [6, 6.07) is 7.20. The Labute approximate surface area is 156 Å². The number of benzene rings is 1. The smallest absolute Gasteiger partial charge is 0.239 e. The lowest BCUT2D eigenvalue weighted by atomic mass is 10.0. The Bertz CT molecular complexity index is 787. The molecule has 1 aromatic rings. The van der Waals surface area contributed by atoms with Crippen molar-refractivity contribution in [2.75, 3.05) is 37.0 Å². The molecule has 1 aromatic carbocycles. The fourth-order valence-electron chi connectivity index (χ4n) is 4.86. The molecule has 144 valence electrons. The van der Waals surface area contributed by atoms with Gasteiger partial charge in [0, 0.05) is 55.9 Å². The van der Waals surface area contributed by atoms with Crippen LogP contribution in [0.3, 0.4) is 0 Å². The van der Waals surface area contributed by atoms with E-state index in [1.54, 1.807) is 0 Å². The van der Waals surface area contributed by atoms with Crippen molar-refractivity contribution in [3.05, 3.63) is 23.8 Å². The molecule has 3 rings (SSSR count). The number of hydrogen-bond donors (Lipinski definition) is 2. The standard InChI is InChI=1S/C19H29N3O3S/c1-14-11-16(21-19(23)13-26(3,24)25)6-7-18(14)22(10-4-5-15(22)2)17-8-9-20-12-17/h6-7,11,15,17,20H,4-5,8-10,12-13H2,1-3H3/p+1. The third-order valence-electron chi connectivity index (χ3n) is 5.94. The number of nitrogens with one attached hydrogen (secondary N) is 2. The number of nitrogens with zero attached hydrogens (tertiary/aromatic N) is 1. The SMILES string of the molecule is Cc1cc(NC(=O)CS(C)(=O)=O)ccc1[N+]1(C2CCNC2)CCCC1C. The van der Waals surface area contributed by atoms with Crippen LogP contribution in [0.15, 0.2) is 18.2 Å². The first-order valence-electron chi connectivity index (χ1n) is 9.39. The Hall–Kier alpha value is -1.44. The number of quaternary nitrogens is 1. The maximum atomic E-state index is 11.9. The van der Waals surface area contributed by atoms with Gasteiger partial charge in [-0.15, -0.1) is 0 Å². The molecular weight excluding hydrogens is 350 g/mol. The van der Waals surface area contributed by atoms with E-state index >= 15 is 0 Å². The van der Waals surface area contributed by atoms with E-state index in [0.29, 0.717) is 17.8 Å². The molecule has 0 spiro atoms. The van der Waals surface area contributed by atoms with E-state index in [0.717, 1.165) is 35.9 Å². The first-order valence-corrected chi connectivity index (χ1v) is 11.5. The molecule has 2 fully saturated rings. The molecule has 2 saturated heterocycles. The van der Waals surface area contributed by atoms with Gasteiger partial charge in [-0.05, 0) is 26.0 Å². The molecule has 26 heavy (non-hydrogen) atoms. The van der Waals surface area contributed by atoms with Crippen molar-refractivity contribution < 1.29 is 13.2 Å². The van der Waals surface area contributed by atoms with Crippen molar-refractivity contribution in [2.24, 2.45) is 0 Å². The van der Waals surface area contributed by atoms with Crippen molar-refractivity contribution in [1.29, 1.82) is 0 Å². The van der Waals surface area contributed by atoms with Crippen LogP contribution < -0.4 is 15.1 Å². The number of carbonyl (C=O) groups excluding carboxylic acids is 1. The maximum Gasteiger partial charge on any atom is 0.239 e. The lowest BCUT2D eigenvalue weighted by Crippen LogP contribution is -2.60. The fourth-order valence-corrected chi connectivity index (χ4v) is 5.41. The van der Waals surface area contributed by atoms with Crippen LogP contribution in [-0.4, -0.2) is 58.1 Å². The van der Waals surface area contributed by atoms with E-state index in [-0.39, 0.29) is 0 Å². The summed E-state index contributed by atoms with van der Waals surface area (Å²) in [6.07, 6.45) is 4.74. The number of aryl methyl sites for hydroxylation is 1. The molecule has 1 amide bonds. The van der Waals surface area contributed by atoms with Crippen molar-refractivity contribution in [3.63, 3.8) is 0 Å². The van der Waals surface area contributed by atoms with E-state index in [1.165, 1.54) is 24.9 Å². The minimum atomic E-state index is -3.33. The zero-order valence-electron chi connectivity index (χ0n) is 15.9. The Morgan fingerprint density at radius 3 is 2.65 bits per heavy atom. The number of likely N-dealkylation sites (tertiary alicyclic amines) is 1. The van der Waals surface area contributed by atoms with Crippen molar-refractivity contribution in [3.8, 4) is 0 Å². The van der Waals surface area contributed by atoms with Gasteiger partial charge in [-0.1, -0.05) is 0 Å². The van der Waals surface area contributed by atoms with Crippen LogP contribution in [0.5, 0.6) is 0 Å². The average molecular weight is 381 g/mol. The van der Waals surface area contributed by atoms with Crippen molar-refractivity contribution in [1.82, 2.24) is 9.80 Å². The first kappa shape index (κ1) is 19.3. The van der Waals surface area contributed by atoms with Crippen molar-refractivity contribution in [2.45, 2.75) is 45.2 Å². The molecule has 3 atom stereocenters. The third kappa shape index (κ3) is 3.80. The second-order valence-electron chi connectivity index (χ2n) is 7.91. The van der Waals surface area contributed by atoms with Gasteiger partial charge in [-0.3, -0.25) is 9.28 Å². The third-order valence-corrected chi connectivity index (χ3v) is 6.73. The van der Waals surface area contributed by atoms with E-state index in [2.05, 4.69) is 30.5 Å². The summed E-state index contributed by atoms with van der Waals surface area (Å²) in [4.78, 5) is 11.9. The Kier molecular flexibility index (Phi) is 5.42. The second-order valence-corrected chi connectivity index (χ2v) is 10.1. The molecule has 0 radical (unpaired) electrons. The van der Waals surface area contributed by atoms with Crippen LogP contribution in [0.1, 0.15) is 31.7 Å². The highest BCUT2D eigenvalue weighted by atomic mass is 32.2. The van der Waals surface area contributed by atoms with Crippen LogP contribution in [0, 0.1) is 6.92 Å². The molecule has 2 N–H and O–H groups in total. The Morgan fingerprint density at radius 1 is 1.35 bits per heavy atom. The first-order chi connectivity index (χ1) is 12.2. The second kappa shape index (κ2) is 7.29. The summed E-state index contributed by atoms with van der Waals surface area (Å²) in [5, 5.41) is 6.23. The molecule has 2 aliphatic rings. The Morgan fingerprint density at radius 2 is 2.12 bits per heavy atom.